The molecule has 9 nitrogen and oxygen atoms in total. The maximum absolute atomic E-state index is 12.6. The lowest BCUT2D eigenvalue weighted by Gasteiger charge is -2.11. The highest BCUT2D eigenvalue weighted by atomic mass is 32.1. The number of thiocarbonyl (C=S) groups is 1. The van der Waals surface area contributed by atoms with Crippen LogP contribution < -0.4 is 16.0 Å². The number of rotatable bonds is 6. The van der Waals surface area contributed by atoms with Crippen LogP contribution in [0.1, 0.15) is 26.5 Å². The highest BCUT2D eigenvalue weighted by molar-refractivity contribution is 7.80. The zero-order chi connectivity index (χ0) is 25.7. The molecule has 0 atom stereocenters. The van der Waals surface area contributed by atoms with E-state index in [2.05, 4.69) is 16.0 Å². The summed E-state index contributed by atoms with van der Waals surface area (Å²) < 4.78 is 5.56. The van der Waals surface area contributed by atoms with E-state index in [-0.39, 0.29) is 22.5 Å². The van der Waals surface area contributed by atoms with Crippen molar-refractivity contribution in [1.82, 2.24) is 5.32 Å². The Hall–Kier alpha value is -4.83. The number of anilines is 2. The second kappa shape index (κ2) is 10.6. The molecule has 1 heterocycles. The molecule has 36 heavy (non-hydrogen) atoms. The van der Waals surface area contributed by atoms with Gasteiger partial charge in [-0.1, -0.05) is 36.4 Å². The van der Waals surface area contributed by atoms with E-state index < -0.39 is 10.8 Å². The van der Waals surface area contributed by atoms with E-state index in [4.69, 9.17) is 16.6 Å². The normalized spacial score (nSPS) is 10.4. The number of furan rings is 1. The number of nitro benzene ring substituents is 1. The predicted octanol–water partition coefficient (Wildman–Crippen LogP) is 5.54. The van der Waals surface area contributed by atoms with Gasteiger partial charge < -0.3 is 15.1 Å². The van der Waals surface area contributed by atoms with Gasteiger partial charge in [-0.15, -0.1) is 0 Å². The van der Waals surface area contributed by atoms with E-state index in [1.807, 2.05) is 19.1 Å². The van der Waals surface area contributed by atoms with Crippen LogP contribution in [0.15, 0.2) is 89.3 Å². The van der Waals surface area contributed by atoms with E-state index >= 15 is 0 Å². The molecule has 180 valence electrons. The Balaban J connectivity index is 1.38. The second-order valence-corrected chi connectivity index (χ2v) is 8.14. The van der Waals surface area contributed by atoms with Gasteiger partial charge in [-0.25, -0.2) is 0 Å². The SMILES string of the molecule is Cc1ccccc1C(=O)Nc1cccc(NC(=S)NC(=O)c2ccc(-c3cccc([N+](=O)[O-])c3)o2)c1. The number of benzene rings is 3. The van der Waals surface area contributed by atoms with E-state index in [1.165, 1.54) is 24.3 Å². The van der Waals surface area contributed by atoms with Crippen molar-refractivity contribution < 1.29 is 18.9 Å². The van der Waals surface area contributed by atoms with E-state index in [1.54, 1.807) is 48.5 Å². The summed E-state index contributed by atoms with van der Waals surface area (Å²) in [6.07, 6.45) is 0. The third-order valence-electron chi connectivity index (χ3n) is 5.17. The van der Waals surface area contributed by atoms with Crippen molar-refractivity contribution in [1.29, 1.82) is 0 Å². The number of hydrogen-bond acceptors (Lipinski definition) is 6. The van der Waals surface area contributed by atoms with Crippen LogP contribution in [0.3, 0.4) is 0 Å². The van der Waals surface area contributed by atoms with Crippen molar-refractivity contribution in [2.45, 2.75) is 6.92 Å². The molecule has 10 heteroatoms. The van der Waals surface area contributed by atoms with Gasteiger partial charge in [-0.3, -0.25) is 25.0 Å². The molecule has 0 unspecified atom stereocenters. The molecular formula is C26H20N4O5S. The van der Waals surface area contributed by atoms with Crippen molar-refractivity contribution in [3.63, 3.8) is 0 Å². The van der Waals surface area contributed by atoms with Crippen LogP contribution in [-0.2, 0) is 0 Å². The third-order valence-corrected chi connectivity index (χ3v) is 5.37. The van der Waals surface area contributed by atoms with Gasteiger partial charge >= 0.3 is 0 Å². The average Bonchev–Trinajstić information content (AvgIpc) is 3.35. The van der Waals surface area contributed by atoms with Crippen molar-refractivity contribution in [3.8, 4) is 11.3 Å². The summed E-state index contributed by atoms with van der Waals surface area (Å²) in [7, 11) is 0. The second-order valence-electron chi connectivity index (χ2n) is 7.73. The third kappa shape index (κ3) is 5.80. The fourth-order valence-electron chi connectivity index (χ4n) is 3.42. The molecule has 0 bridgehead atoms. The molecule has 3 N–H and O–H groups in total. The van der Waals surface area contributed by atoms with Gasteiger partial charge in [0, 0.05) is 34.6 Å². The summed E-state index contributed by atoms with van der Waals surface area (Å²) in [6, 6.07) is 23.1. The first-order chi connectivity index (χ1) is 17.3. The van der Waals surface area contributed by atoms with Crippen LogP contribution >= 0.6 is 12.2 Å². The summed E-state index contributed by atoms with van der Waals surface area (Å²) in [5.74, 6) is -0.536. The molecule has 3 aromatic carbocycles. The van der Waals surface area contributed by atoms with E-state index in [9.17, 15) is 19.7 Å². The fraction of sp³-hybridized carbons (Fsp3) is 0.0385. The molecule has 0 aliphatic heterocycles. The number of amides is 2. The molecule has 2 amide bonds. The predicted molar refractivity (Wildman–Crippen MR) is 140 cm³/mol. The van der Waals surface area contributed by atoms with Gasteiger partial charge in [0.1, 0.15) is 5.76 Å². The van der Waals surface area contributed by atoms with Crippen LogP contribution in [0.4, 0.5) is 17.1 Å². The Morgan fingerprint density at radius 1 is 0.861 bits per heavy atom. The molecule has 0 fully saturated rings. The van der Waals surface area contributed by atoms with Crippen molar-refractivity contribution in [2.24, 2.45) is 0 Å². The molecule has 0 saturated heterocycles. The van der Waals surface area contributed by atoms with Gasteiger partial charge in [0.15, 0.2) is 10.9 Å². The highest BCUT2D eigenvalue weighted by Gasteiger charge is 2.16. The molecule has 4 aromatic rings. The Bertz CT molecular complexity index is 1480. The Kier molecular flexibility index (Phi) is 7.17. The summed E-state index contributed by atoms with van der Waals surface area (Å²) in [6.45, 7) is 1.86. The zero-order valence-corrected chi connectivity index (χ0v) is 19.8. The topological polar surface area (TPSA) is 127 Å². The van der Waals surface area contributed by atoms with Crippen molar-refractivity contribution in [3.05, 3.63) is 112 Å². The van der Waals surface area contributed by atoms with Gasteiger partial charge in [-0.2, -0.15) is 0 Å². The lowest BCUT2D eigenvalue weighted by molar-refractivity contribution is -0.384. The Labute approximate surface area is 211 Å². The van der Waals surface area contributed by atoms with Gasteiger partial charge in [0.05, 0.1) is 4.92 Å². The van der Waals surface area contributed by atoms with Crippen LogP contribution in [0.5, 0.6) is 0 Å². The number of non-ortho nitro benzene ring substituents is 1. The summed E-state index contributed by atoms with van der Waals surface area (Å²) in [5, 5.41) is 19.3. The fourth-order valence-corrected chi connectivity index (χ4v) is 3.63. The first kappa shape index (κ1) is 24.3. The van der Waals surface area contributed by atoms with Crippen LogP contribution in [0.25, 0.3) is 11.3 Å². The molecule has 0 aliphatic carbocycles. The quantitative estimate of drug-likeness (QED) is 0.180. The molecule has 0 radical (unpaired) electrons. The monoisotopic (exact) mass is 500 g/mol. The largest absolute Gasteiger partial charge is 0.451 e. The summed E-state index contributed by atoms with van der Waals surface area (Å²) >= 11 is 5.24. The molecule has 0 saturated carbocycles. The maximum Gasteiger partial charge on any atom is 0.293 e. The Morgan fingerprint density at radius 3 is 2.33 bits per heavy atom. The first-order valence-corrected chi connectivity index (χ1v) is 11.1. The van der Waals surface area contributed by atoms with Crippen molar-refractivity contribution >= 4 is 46.2 Å². The van der Waals surface area contributed by atoms with E-state index in [0.29, 0.717) is 28.3 Å². The van der Waals surface area contributed by atoms with Crippen LogP contribution in [0.2, 0.25) is 0 Å². The van der Waals surface area contributed by atoms with Gasteiger partial charge in [0.2, 0.25) is 0 Å². The minimum absolute atomic E-state index is 0.0140. The lowest BCUT2D eigenvalue weighted by atomic mass is 10.1. The highest BCUT2D eigenvalue weighted by Crippen LogP contribution is 2.26. The van der Waals surface area contributed by atoms with E-state index in [0.717, 1.165) is 5.56 Å². The van der Waals surface area contributed by atoms with Crippen molar-refractivity contribution in [2.75, 3.05) is 10.6 Å². The van der Waals surface area contributed by atoms with Gasteiger partial charge in [-0.05, 0) is 61.1 Å². The number of carbonyl (C=O) groups excluding carboxylic acids is 2. The van der Waals surface area contributed by atoms with Crippen LogP contribution in [0, 0.1) is 17.0 Å². The first-order valence-electron chi connectivity index (χ1n) is 10.7. The van der Waals surface area contributed by atoms with Gasteiger partial charge in [0.25, 0.3) is 17.5 Å². The minimum Gasteiger partial charge on any atom is -0.451 e. The zero-order valence-electron chi connectivity index (χ0n) is 19.0. The smallest absolute Gasteiger partial charge is 0.293 e. The maximum atomic E-state index is 12.6. The standard InChI is InChI=1S/C26H20N4O5S/c1-16-6-2-3-11-21(16)24(31)27-18-8-5-9-19(15-18)28-26(36)29-25(32)23-13-12-22(35-23)17-7-4-10-20(14-17)30(33)34/h2-15H,1H3,(H,27,31)(H2,28,29,32,36). The number of nitrogens with zero attached hydrogens (tertiary/aromatic N) is 1. The number of aryl methyl sites for hydroxylation is 1. The molecule has 0 spiro atoms. The number of nitro groups is 1. The molecule has 1 aromatic heterocycles. The number of nitrogens with one attached hydrogen (secondary N) is 3. The summed E-state index contributed by atoms with van der Waals surface area (Å²) in [5.41, 5.74) is 2.92. The number of hydrogen-bond donors (Lipinski definition) is 3. The number of carbonyl (C=O) groups is 2. The average molecular weight is 501 g/mol. The Morgan fingerprint density at radius 2 is 1.58 bits per heavy atom. The molecule has 0 aliphatic rings. The van der Waals surface area contributed by atoms with Crippen LogP contribution in [-0.4, -0.2) is 21.9 Å². The molecule has 4 rings (SSSR count). The molecular weight excluding hydrogens is 480 g/mol. The lowest BCUT2D eigenvalue weighted by Crippen LogP contribution is -2.33. The minimum atomic E-state index is -0.590. The summed E-state index contributed by atoms with van der Waals surface area (Å²) in [4.78, 5) is 35.6.